The molecule has 1 atom stereocenters. The highest BCUT2D eigenvalue weighted by atomic mass is 16.6. The lowest BCUT2D eigenvalue weighted by Gasteiger charge is -2.23. The van der Waals surface area contributed by atoms with E-state index in [1.807, 2.05) is 62.5 Å². The van der Waals surface area contributed by atoms with E-state index in [9.17, 15) is 9.59 Å². The predicted molar refractivity (Wildman–Crippen MR) is 120 cm³/mol. The van der Waals surface area contributed by atoms with Crippen molar-refractivity contribution in [2.24, 2.45) is 0 Å². The van der Waals surface area contributed by atoms with Crippen molar-refractivity contribution in [3.63, 3.8) is 0 Å². The first kappa shape index (κ1) is 21.4. The predicted octanol–water partition coefficient (Wildman–Crippen LogP) is 4.86. The summed E-state index contributed by atoms with van der Waals surface area (Å²) in [5, 5.41) is 6.73. The molecular formula is C24H29N3O3. The van der Waals surface area contributed by atoms with Crippen LogP contribution in [0.4, 0.5) is 10.5 Å². The number of benzene rings is 2. The number of hydrogen-bond donors (Lipinski definition) is 3. The second kappa shape index (κ2) is 8.61. The molecule has 0 aliphatic rings. The molecule has 3 aromatic rings. The van der Waals surface area contributed by atoms with Crippen molar-refractivity contribution in [1.29, 1.82) is 0 Å². The van der Waals surface area contributed by atoms with Gasteiger partial charge in [0.25, 0.3) is 0 Å². The third kappa shape index (κ3) is 5.20. The lowest BCUT2D eigenvalue weighted by Crippen LogP contribution is -2.47. The molecule has 3 rings (SSSR count). The third-order valence-electron chi connectivity index (χ3n) is 4.97. The maximum absolute atomic E-state index is 13.1. The average molecular weight is 408 g/mol. The molecule has 0 aliphatic heterocycles. The molecule has 0 saturated carbocycles. The number of nitrogens with one attached hydrogen (secondary N) is 3. The van der Waals surface area contributed by atoms with Crippen LogP contribution < -0.4 is 10.6 Å². The van der Waals surface area contributed by atoms with Gasteiger partial charge in [-0.3, -0.25) is 4.79 Å². The average Bonchev–Trinajstić information content (AvgIpc) is 3.06. The molecule has 6 nitrogen and oxygen atoms in total. The summed E-state index contributed by atoms with van der Waals surface area (Å²) in [5.74, 6) is -0.292. The Hall–Kier alpha value is -3.28. The Balaban J connectivity index is 1.85. The SMILES string of the molecule is Cc1cccc(NC(=O)[C@H](Cc2c[nH]c3ccccc23)NC(=O)OC(C)(C)C)c1C. The Morgan fingerprint density at radius 1 is 1.07 bits per heavy atom. The fraction of sp³-hybridized carbons (Fsp3) is 0.333. The van der Waals surface area contributed by atoms with Crippen LogP contribution in [-0.4, -0.2) is 28.6 Å². The summed E-state index contributed by atoms with van der Waals surface area (Å²) in [7, 11) is 0. The summed E-state index contributed by atoms with van der Waals surface area (Å²) in [6.45, 7) is 9.32. The van der Waals surface area contributed by atoms with E-state index in [2.05, 4.69) is 15.6 Å². The van der Waals surface area contributed by atoms with E-state index in [1.165, 1.54) is 0 Å². The normalized spacial score (nSPS) is 12.4. The second-order valence-corrected chi connectivity index (χ2v) is 8.50. The fourth-order valence-electron chi connectivity index (χ4n) is 3.29. The Morgan fingerprint density at radius 2 is 1.80 bits per heavy atom. The van der Waals surface area contributed by atoms with Gasteiger partial charge in [-0.15, -0.1) is 0 Å². The van der Waals surface area contributed by atoms with Crippen LogP contribution >= 0.6 is 0 Å². The van der Waals surface area contributed by atoms with Crippen LogP contribution in [0, 0.1) is 13.8 Å². The van der Waals surface area contributed by atoms with E-state index in [0.717, 1.165) is 33.3 Å². The highest BCUT2D eigenvalue weighted by molar-refractivity contribution is 5.98. The van der Waals surface area contributed by atoms with Gasteiger partial charge < -0.3 is 20.4 Å². The van der Waals surface area contributed by atoms with Gasteiger partial charge in [-0.2, -0.15) is 0 Å². The van der Waals surface area contributed by atoms with Crippen molar-refractivity contribution in [2.45, 2.75) is 52.7 Å². The van der Waals surface area contributed by atoms with Gasteiger partial charge in [0, 0.05) is 29.2 Å². The number of carbonyl (C=O) groups is 2. The third-order valence-corrected chi connectivity index (χ3v) is 4.97. The van der Waals surface area contributed by atoms with Crippen molar-refractivity contribution in [3.8, 4) is 0 Å². The number of alkyl carbamates (subject to hydrolysis) is 1. The Bertz CT molecular complexity index is 1060. The highest BCUT2D eigenvalue weighted by Gasteiger charge is 2.26. The minimum absolute atomic E-state index is 0.292. The molecule has 0 saturated heterocycles. The van der Waals surface area contributed by atoms with Crippen LogP contribution in [-0.2, 0) is 16.0 Å². The molecule has 30 heavy (non-hydrogen) atoms. The first-order chi connectivity index (χ1) is 14.1. The molecule has 0 aliphatic carbocycles. The van der Waals surface area contributed by atoms with Crippen molar-refractivity contribution >= 4 is 28.6 Å². The molecule has 6 heteroatoms. The van der Waals surface area contributed by atoms with Crippen LogP contribution in [0.15, 0.2) is 48.7 Å². The van der Waals surface area contributed by atoms with Gasteiger partial charge in [0.1, 0.15) is 11.6 Å². The van der Waals surface area contributed by atoms with Crippen molar-refractivity contribution in [2.75, 3.05) is 5.32 Å². The zero-order valence-electron chi connectivity index (χ0n) is 18.1. The quantitative estimate of drug-likeness (QED) is 0.565. The van der Waals surface area contributed by atoms with E-state index >= 15 is 0 Å². The van der Waals surface area contributed by atoms with E-state index in [4.69, 9.17) is 4.74 Å². The van der Waals surface area contributed by atoms with Gasteiger partial charge in [0.05, 0.1) is 0 Å². The van der Waals surface area contributed by atoms with E-state index < -0.39 is 17.7 Å². The maximum atomic E-state index is 13.1. The number of rotatable bonds is 5. The van der Waals surface area contributed by atoms with Gasteiger partial charge in [0.15, 0.2) is 0 Å². The van der Waals surface area contributed by atoms with E-state index in [0.29, 0.717) is 6.42 Å². The molecule has 0 spiro atoms. The molecule has 0 bridgehead atoms. The summed E-state index contributed by atoms with van der Waals surface area (Å²) in [4.78, 5) is 28.8. The van der Waals surface area contributed by atoms with Crippen molar-refractivity contribution in [3.05, 3.63) is 65.4 Å². The zero-order chi connectivity index (χ0) is 21.9. The molecule has 2 amide bonds. The van der Waals surface area contributed by atoms with Crippen LogP contribution in [0.2, 0.25) is 0 Å². The molecule has 2 aromatic carbocycles. The Morgan fingerprint density at radius 3 is 2.53 bits per heavy atom. The smallest absolute Gasteiger partial charge is 0.408 e. The highest BCUT2D eigenvalue weighted by Crippen LogP contribution is 2.21. The molecule has 158 valence electrons. The largest absolute Gasteiger partial charge is 0.444 e. The minimum Gasteiger partial charge on any atom is -0.444 e. The van der Waals surface area contributed by atoms with Gasteiger partial charge in [-0.05, 0) is 63.4 Å². The minimum atomic E-state index is -0.793. The number of ether oxygens (including phenoxy) is 1. The van der Waals surface area contributed by atoms with Gasteiger partial charge in [-0.1, -0.05) is 30.3 Å². The molecule has 1 heterocycles. The van der Waals surface area contributed by atoms with Crippen molar-refractivity contribution < 1.29 is 14.3 Å². The number of amides is 2. The fourth-order valence-corrected chi connectivity index (χ4v) is 3.29. The number of carbonyl (C=O) groups excluding carboxylic acids is 2. The number of anilines is 1. The number of aromatic nitrogens is 1. The van der Waals surface area contributed by atoms with Crippen LogP contribution in [0.3, 0.4) is 0 Å². The van der Waals surface area contributed by atoms with Crippen LogP contribution in [0.25, 0.3) is 10.9 Å². The number of aromatic amines is 1. The van der Waals surface area contributed by atoms with Crippen LogP contribution in [0.5, 0.6) is 0 Å². The molecule has 3 N–H and O–H groups in total. The van der Waals surface area contributed by atoms with Gasteiger partial charge in [-0.25, -0.2) is 4.79 Å². The maximum Gasteiger partial charge on any atom is 0.408 e. The number of hydrogen-bond acceptors (Lipinski definition) is 3. The lowest BCUT2D eigenvalue weighted by molar-refractivity contribution is -0.118. The first-order valence-corrected chi connectivity index (χ1v) is 10.1. The summed E-state index contributed by atoms with van der Waals surface area (Å²) in [6, 6.07) is 12.8. The summed E-state index contributed by atoms with van der Waals surface area (Å²) >= 11 is 0. The summed E-state index contributed by atoms with van der Waals surface area (Å²) < 4.78 is 5.38. The van der Waals surface area contributed by atoms with E-state index in [1.54, 1.807) is 20.8 Å². The van der Waals surface area contributed by atoms with Crippen molar-refractivity contribution in [1.82, 2.24) is 10.3 Å². The van der Waals surface area contributed by atoms with Gasteiger partial charge >= 0.3 is 6.09 Å². The Labute approximate surface area is 177 Å². The summed E-state index contributed by atoms with van der Waals surface area (Å²) in [6.07, 6.45) is 1.59. The number of H-pyrrole nitrogens is 1. The monoisotopic (exact) mass is 407 g/mol. The number of aryl methyl sites for hydroxylation is 1. The molecule has 0 unspecified atom stereocenters. The molecule has 0 fully saturated rings. The standard InChI is InChI=1S/C24H29N3O3/c1-15-9-8-12-19(16(15)2)26-22(28)21(27-23(29)30-24(3,4)5)13-17-14-25-20-11-7-6-10-18(17)20/h6-12,14,21,25H,13H2,1-5H3,(H,26,28)(H,27,29)/t21-/m0/s1. The summed E-state index contributed by atoms with van der Waals surface area (Å²) in [5.41, 5.74) is 4.09. The molecular weight excluding hydrogens is 378 g/mol. The Kier molecular flexibility index (Phi) is 6.15. The molecule has 0 radical (unpaired) electrons. The zero-order valence-corrected chi connectivity index (χ0v) is 18.1. The topological polar surface area (TPSA) is 83.2 Å². The number of fused-ring (bicyclic) bond motifs is 1. The second-order valence-electron chi connectivity index (χ2n) is 8.50. The van der Waals surface area contributed by atoms with Gasteiger partial charge in [0.2, 0.25) is 5.91 Å². The number of para-hydroxylation sites is 1. The van der Waals surface area contributed by atoms with E-state index in [-0.39, 0.29) is 5.91 Å². The lowest BCUT2D eigenvalue weighted by atomic mass is 10.0. The molecule has 1 aromatic heterocycles. The first-order valence-electron chi connectivity index (χ1n) is 10.1. The van der Waals surface area contributed by atoms with Crippen LogP contribution in [0.1, 0.15) is 37.5 Å².